The molecule has 0 aliphatic rings. The van der Waals surface area contributed by atoms with E-state index in [1.807, 2.05) is 31.3 Å². The van der Waals surface area contributed by atoms with Crippen LogP contribution in [-0.4, -0.2) is 17.2 Å². The Morgan fingerprint density at radius 1 is 1.40 bits per heavy atom. The second-order valence-electron chi connectivity index (χ2n) is 3.04. The molecule has 0 atom stereocenters. The van der Waals surface area contributed by atoms with E-state index in [-0.39, 0.29) is 0 Å². The SMILES string of the molecule is CNCc1nnc(-c2cccc(Br)c2)o1. The highest BCUT2D eigenvalue weighted by Crippen LogP contribution is 2.21. The Labute approximate surface area is 95.8 Å². The van der Waals surface area contributed by atoms with Crippen LogP contribution in [0.4, 0.5) is 0 Å². The first-order valence-electron chi connectivity index (χ1n) is 4.52. The molecule has 78 valence electrons. The van der Waals surface area contributed by atoms with Gasteiger partial charge in [-0.3, -0.25) is 0 Å². The fourth-order valence-corrected chi connectivity index (χ4v) is 1.61. The molecule has 0 radical (unpaired) electrons. The zero-order chi connectivity index (χ0) is 10.7. The van der Waals surface area contributed by atoms with Crippen LogP contribution in [0.15, 0.2) is 33.2 Å². The van der Waals surface area contributed by atoms with Crippen molar-refractivity contribution < 1.29 is 4.42 Å². The Kier molecular flexibility index (Phi) is 3.13. The third-order valence-electron chi connectivity index (χ3n) is 1.87. The van der Waals surface area contributed by atoms with Crippen molar-refractivity contribution >= 4 is 15.9 Å². The Morgan fingerprint density at radius 2 is 2.27 bits per heavy atom. The smallest absolute Gasteiger partial charge is 0.247 e. The van der Waals surface area contributed by atoms with E-state index in [0.29, 0.717) is 18.3 Å². The Balaban J connectivity index is 2.29. The second kappa shape index (κ2) is 4.55. The first kappa shape index (κ1) is 10.3. The summed E-state index contributed by atoms with van der Waals surface area (Å²) in [5, 5.41) is 10.8. The number of halogens is 1. The number of nitrogens with zero attached hydrogens (tertiary/aromatic N) is 2. The topological polar surface area (TPSA) is 51.0 Å². The zero-order valence-corrected chi connectivity index (χ0v) is 9.78. The summed E-state index contributed by atoms with van der Waals surface area (Å²) in [5.74, 6) is 1.13. The molecule has 0 saturated carbocycles. The molecule has 0 unspecified atom stereocenters. The second-order valence-corrected chi connectivity index (χ2v) is 3.96. The summed E-state index contributed by atoms with van der Waals surface area (Å²) >= 11 is 3.39. The normalized spacial score (nSPS) is 10.5. The molecular weight excluding hydrogens is 258 g/mol. The Hall–Kier alpha value is -1.20. The van der Waals surface area contributed by atoms with Crippen molar-refractivity contribution in [3.8, 4) is 11.5 Å². The molecule has 0 bridgehead atoms. The van der Waals surface area contributed by atoms with E-state index in [1.54, 1.807) is 0 Å². The molecule has 15 heavy (non-hydrogen) atoms. The average molecular weight is 268 g/mol. The highest BCUT2D eigenvalue weighted by atomic mass is 79.9. The molecule has 1 heterocycles. The van der Waals surface area contributed by atoms with Gasteiger partial charge in [0.15, 0.2) is 0 Å². The van der Waals surface area contributed by atoms with E-state index >= 15 is 0 Å². The van der Waals surface area contributed by atoms with Crippen LogP contribution >= 0.6 is 15.9 Å². The predicted octanol–water partition coefficient (Wildman–Crippen LogP) is 2.22. The number of hydrogen-bond acceptors (Lipinski definition) is 4. The van der Waals surface area contributed by atoms with Gasteiger partial charge >= 0.3 is 0 Å². The molecule has 0 spiro atoms. The van der Waals surface area contributed by atoms with Gasteiger partial charge in [-0.25, -0.2) is 0 Å². The quantitative estimate of drug-likeness (QED) is 0.927. The van der Waals surface area contributed by atoms with Crippen molar-refractivity contribution in [1.29, 1.82) is 0 Å². The van der Waals surface area contributed by atoms with E-state index in [4.69, 9.17) is 4.42 Å². The monoisotopic (exact) mass is 267 g/mol. The summed E-state index contributed by atoms with van der Waals surface area (Å²) < 4.78 is 6.45. The van der Waals surface area contributed by atoms with Gasteiger partial charge in [0.2, 0.25) is 11.8 Å². The molecule has 1 aromatic carbocycles. The van der Waals surface area contributed by atoms with Crippen molar-refractivity contribution in [1.82, 2.24) is 15.5 Å². The summed E-state index contributed by atoms with van der Waals surface area (Å²) in [6.45, 7) is 0.584. The van der Waals surface area contributed by atoms with Crippen LogP contribution in [-0.2, 0) is 6.54 Å². The molecule has 5 heteroatoms. The lowest BCUT2D eigenvalue weighted by atomic mass is 10.2. The molecule has 0 aliphatic carbocycles. The van der Waals surface area contributed by atoms with Crippen LogP contribution in [0.2, 0.25) is 0 Å². The number of benzene rings is 1. The van der Waals surface area contributed by atoms with Crippen LogP contribution in [0.3, 0.4) is 0 Å². The molecule has 0 fully saturated rings. The average Bonchev–Trinajstić information content (AvgIpc) is 2.67. The Bertz CT molecular complexity index is 455. The van der Waals surface area contributed by atoms with Crippen molar-refractivity contribution in [2.24, 2.45) is 0 Å². The van der Waals surface area contributed by atoms with Gasteiger partial charge in [-0.1, -0.05) is 22.0 Å². The summed E-state index contributed by atoms with van der Waals surface area (Å²) in [6, 6.07) is 7.76. The minimum Gasteiger partial charge on any atom is -0.419 e. The minimum absolute atomic E-state index is 0.543. The van der Waals surface area contributed by atoms with Crippen LogP contribution in [0, 0.1) is 0 Å². The van der Waals surface area contributed by atoms with Gasteiger partial charge in [0.1, 0.15) is 0 Å². The summed E-state index contributed by atoms with van der Waals surface area (Å²) in [4.78, 5) is 0. The molecular formula is C10H10BrN3O. The van der Waals surface area contributed by atoms with Gasteiger partial charge in [-0.2, -0.15) is 0 Å². The molecule has 1 aromatic heterocycles. The van der Waals surface area contributed by atoms with Gasteiger partial charge in [-0.15, -0.1) is 10.2 Å². The number of nitrogens with one attached hydrogen (secondary N) is 1. The largest absolute Gasteiger partial charge is 0.419 e. The highest BCUT2D eigenvalue weighted by Gasteiger charge is 2.07. The predicted molar refractivity (Wildman–Crippen MR) is 60.2 cm³/mol. The fourth-order valence-electron chi connectivity index (χ4n) is 1.21. The van der Waals surface area contributed by atoms with Crippen LogP contribution < -0.4 is 5.32 Å². The zero-order valence-electron chi connectivity index (χ0n) is 8.20. The third kappa shape index (κ3) is 2.43. The highest BCUT2D eigenvalue weighted by molar-refractivity contribution is 9.10. The van der Waals surface area contributed by atoms with Crippen LogP contribution in [0.1, 0.15) is 5.89 Å². The number of hydrogen-bond donors (Lipinski definition) is 1. The first-order valence-corrected chi connectivity index (χ1v) is 5.32. The van der Waals surface area contributed by atoms with Crippen molar-refractivity contribution in [3.05, 3.63) is 34.6 Å². The van der Waals surface area contributed by atoms with E-state index in [2.05, 4.69) is 31.4 Å². The van der Waals surface area contributed by atoms with Crippen LogP contribution in [0.25, 0.3) is 11.5 Å². The Morgan fingerprint density at radius 3 is 3.00 bits per heavy atom. The minimum atomic E-state index is 0.543. The number of aromatic nitrogens is 2. The lowest BCUT2D eigenvalue weighted by Crippen LogP contribution is -2.04. The van der Waals surface area contributed by atoms with Crippen molar-refractivity contribution in [2.45, 2.75) is 6.54 Å². The van der Waals surface area contributed by atoms with Gasteiger partial charge in [-0.05, 0) is 25.2 Å². The maximum atomic E-state index is 5.46. The lowest BCUT2D eigenvalue weighted by Gasteiger charge is -1.95. The standard InChI is InChI=1S/C10H10BrN3O/c1-12-6-9-13-14-10(15-9)7-3-2-4-8(11)5-7/h2-5,12H,6H2,1H3. The molecule has 0 amide bonds. The van der Waals surface area contributed by atoms with Crippen molar-refractivity contribution in [3.63, 3.8) is 0 Å². The molecule has 2 aromatic rings. The van der Waals surface area contributed by atoms with E-state index in [1.165, 1.54) is 0 Å². The van der Waals surface area contributed by atoms with Crippen molar-refractivity contribution in [2.75, 3.05) is 7.05 Å². The van der Waals surface area contributed by atoms with E-state index in [0.717, 1.165) is 10.0 Å². The molecule has 1 N–H and O–H groups in total. The molecule has 2 rings (SSSR count). The maximum absolute atomic E-state index is 5.46. The van der Waals surface area contributed by atoms with Gasteiger partial charge in [0.25, 0.3) is 0 Å². The van der Waals surface area contributed by atoms with E-state index in [9.17, 15) is 0 Å². The maximum Gasteiger partial charge on any atom is 0.247 e. The summed E-state index contributed by atoms with van der Waals surface area (Å²) in [7, 11) is 1.84. The molecule has 0 aliphatic heterocycles. The first-order chi connectivity index (χ1) is 7.29. The summed E-state index contributed by atoms with van der Waals surface area (Å²) in [6.07, 6.45) is 0. The van der Waals surface area contributed by atoms with Gasteiger partial charge in [0.05, 0.1) is 6.54 Å². The lowest BCUT2D eigenvalue weighted by molar-refractivity contribution is 0.490. The van der Waals surface area contributed by atoms with E-state index < -0.39 is 0 Å². The molecule has 4 nitrogen and oxygen atoms in total. The summed E-state index contributed by atoms with van der Waals surface area (Å²) in [5.41, 5.74) is 0.916. The van der Waals surface area contributed by atoms with Gasteiger partial charge in [0, 0.05) is 10.0 Å². The molecule has 0 saturated heterocycles. The third-order valence-corrected chi connectivity index (χ3v) is 2.36. The fraction of sp³-hybridized carbons (Fsp3) is 0.200. The van der Waals surface area contributed by atoms with Gasteiger partial charge < -0.3 is 9.73 Å². The number of rotatable bonds is 3. The van der Waals surface area contributed by atoms with Crippen LogP contribution in [0.5, 0.6) is 0 Å².